The van der Waals surface area contributed by atoms with Crippen LogP contribution < -0.4 is 0 Å². The van der Waals surface area contributed by atoms with Crippen LogP contribution in [0.4, 0.5) is 0 Å². The molecule has 0 saturated carbocycles. The largest absolute Gasteiger partial charge is 0.487 e. The summed E-state index contributed by atoms with van der Waals surface area (Å²) in [6, 6.07) is 2.02. The van der Waals surface area contributed by atoms with Crippen molar-refractivity contribution < 1.29 is 8.95 Å². The Bertz CT molecular complexity index is 454. The second-order valence-electron chi connectivity index (χ2n) is 2.84. The molecule has 1 atom stereocenters. The minimum Gasteiger partial charge on any atom is -0.487 e. The summed E-state index contributed by atoms with van der Waals surface area (Å²) in [6.45, 7) is 0.618. The van der Waals surface area contributed by atoms with Crippen LogP contribution in [-0.2, 0) is 22.1 Å². The van der Waals surface area contributed by atoms with Crippen LogP contribution in [0.1, 0.15) is 10.4 Å². The first-order chi connectivity index (χ1) is 6.36. The molecule has 2 aliphatic heterocycles. The molecule has 0 bridgehead atoms. The van der Waals surface area contributed by atoms with Gasteiger partial charge >= 0.3 is 0 Å². The molecule has 1 aromatic rings. The van der Waals surface area contributed by atoms with E-state index in [0.717, 1.165) is 16.2 Å². The molecule has 13 heavy (non-hydrogen) atoms. The highest BCUT2D eigenvalue weighted by atomic mass is 32.2. The number of fused-ring (bicyclic) bond motifs is 2. The van der Waals surface area contributed by atoms with Gasteiger partial charge in [0.1, 0.15) is 12.4 Å². The summed E-state index contributed by atoms with van der Waals surface area (Å²) in [5, 5.41) is 3.69. The Hall–Kier alpha value is -0.870. The van der Waals surface area contributed by atoms with E-state index in [4.69, 9.17) is 4.74 Å². The van der Waals surface area contributed by atoms with Gasteiger partial charge in [-0.25, -0.2) is 4.21 Å². The van der Waals surface area contributed by atoms with Crippen molar-refractivity contribution in [1.29, 1.82) is 0 Å². The summed E-state index contributed by atoms with van der Waals surface area (Å²) in [5.41, 5.74) is 1.11. The Morgan fingerprint density at radius 3 is 3.38 bits per heavy atom. The average molecular weight is 210 g/mol. The molecule has 1 unspecified atom stereocenters. The Morgan fingerprint density at radius 1 is 1.54 bits per heavy atom. The second-order valence-corrected chi connectivity index (χ2v) is 5.12. The lowest BCUT2D eigenvalue weighted by atomic mass is 10.2. The molecule has 0 aliphatic carbocycles. The van der Waals surface area contributed by atoms with E-state index < -0.39 is 10.8 Å². The number of ether oxygens (including phenoxy) is 1. The SMILES string of the molecule is O=S1C=CC2=C1c1ccsc1CO2. The minimum absolute atomic E-state index is 0.618. The van der Waals surface area contributed by atoms with Crippen molar-refractivity contribution in [2.75, 3.05) is 0 Å². The van der Waals surface area contributed by atoms with E-state index in [1.165, 1.54) is 4.88 Å². The smallest absolute Gasteiger partial charge is 0.137 e. The van der Waals surface area contributed by atoms with Crippen molar-refractivity contribution in [3.05, 3.63) is 39.1 Å². The summed E-state index contributed by atoms with van der Waals surface area (Å²) in [5.74, 6) is 0.782. The standard InChI is InChI=1S/C9H6O2S2/c10-13-4-2-7-9(13)6-1-3-12-8(6)5-11-7/h1-4H,5H2. The maximum atomic E-state index is 11.6. The van der Waals surface area contributed by atoms with Gasteiger partial charge in [-0.15, -0.1) is 11.3 Å². The number of thiophene rings is 1. The molecule has 2 aliphatic rings. The first kappa shape index (κ1) is 7.53. The fourth-order valence-electron chi connectivity index (χ4n) is 1.52. The summed E-state index contributed by atoms with van der Waals surface area (Å²) < 4.78 is 17.0. The summed E-state index contributed by atoms with van der Waals surface area (Å²) >= 11 is 1.65. The predicted molar refractivity (Wildman–Crippen MR) is 53.3 cm³/mol. The van der Waals surface area contributed by atoms with Crippen LogP contribution in [0.15, 0.2) is 28.7 Å². The van der Waals surface area contributed by atoms with E-state index in [-0.39, 0.29) is 0 Å². The van der Waals surface area contributed by atoms with E-state index in [1.807, 2.05) is 11.4 Å². The zero-order valence-corrected chi connectivity index (χ0v) is 8.28. The molecule has 0 fully saturated rings. The fourth-order valence-corrected chi connectivity index (χ4v) is 3.49. The summed E-state index contributed by atoms with van der Waals surface area (Å²) in [7, 11) is -0.998. The summed E-state index contributed by atoms with van der Waals surface area (Å²) in [4.78, 5) is 2.03. The molecule has 1 aromatic heterocycles. The first-order valence-electron chi connectivity index (χ1n) is 3.89. The van der Waals surface area contributed by atoms with E-state index in [1.54, 1.807) is 22.8 Å². The van der Waals surface area contributed by atoms with Gasteiger partial charge in [-0.3, -0.25) is 0 Å². The molecule has 3 heterocycles. The van der Waals surface area contributed by atoms with Crippen LogP contribution in [0, 0.1) is 0 Å². The second kappa shape index (κ2) is 2.56. The molecular formula is C9H6O2S2. The molecule has 2 nitrogen and oxygen atoms in total. The number of allylic oxidation sites excluding steroid dienone is 1. The zero-order chi connectivity index (χ0) is 8.84. The molecular weight excluding hydrogens is 204 g/mol. The van der Waals surface area contributed by atoms with Crippen molar-refractivity contribution in [1.82, 2.24) is 0 Å². The van der Waals surface area contributed by atoms with Crippen molar-refractivity contribution >= 4 is 27.0 Å². The number of rotatable bonds is 0. The molecule has 66 valence electrons. The summed E-state index contributed by atoms with van der Waals surface area (Å²) in [6.07, 6.45) is 1.80. The number of hydrogen-bond acceptors (Lipinski definition) is 3. The van der Waals surface area contributed by atoms with E-state index >= 15 is 0 Å². The van der Waals surface area contributed by atoms with Crippen molar-refractivity contribution in [2.24, 2.45) is 0 Å². The van der Waals surface area contributed by atoms with Gasteiger partial charge in [0.15, 0.2) is 0 Å². The maximum Gasteiger partial charge on any atom is 0.137 e. The highest BCUT2D eigenvalue weighted by Crippen LogP contribution is 2.38. The minimum atomic E-state index is -0.998. The monoisotopic (exact) mass is 210 g/mol. The zero-order valence-electron chi connectivity index (χ0n) is 6.65. The van der Waals surface area contributed by atoms with Gasteiger partial charge in [0.2, 0.25) is 0 Å². The maximum absolute atomic E-state index is 11.6. The van der Waals surface area contributed by atoms with Crippen LogP contribution in [-0.4, -0.2) is 4.21 Å². The highest BCUT2D eigenvalue weighted by molar-refractivity contribution is 7.97. The van der Waals surface area contributed by atoms with E-state index in [9.17, 15) is 4.21 Å². The molecule has 0 radical (unpaired) electrons. The molecule has 4 heteroatoms. The normalized spacial score (nSPS) is 24.2. The van der Waals surface area contributed by atoms with Crippen LogP contribution in [0.5, 0.6) is 0 Å². The van der Waals surface area contributed by atoms with Gasteiger partial charge in [0.25, 0.3) is 0 Å². The van der Waals surface area contributed by atoms with Gasteiger partial charge in [-0.1, -0.05) is 0 Å². The molecule has 3 rings (SSSR count). The quantitative estimate of drug-likeness (QED) is 0.656. The Kier molecular flexibility index (Phi) is 1.48. The Labute approximate surface area is 82.0 Å². The van der Waals surface area contributed by atoms with E-state index in [0.29, 0.717) is 6.61 Å². The molecule has 0 aromatic carbocycles. The lowest BCUT2D eigenvalue weighted by Crippen LogP contribution is -2.02. The fraction of sp³-hybridized carbons (Fsp3) is 0.111. The van der Waals surface area contributed by atoms with Gasteiger partial charge in [0.05, 0.1) is 20.6 Å². The molecule has 0 saturated heterocycles. The first-order valence-corrected chi connectivity index (χ1v) is 5.98. The van der Waals surface area contributed by atoms with Gasteiger partial charge in [-0.2, -0.15) is 0 Å². The molecule has 0 N–H and O–H groups in total. The Morgan fingerprint density at radius 2 is 2.46 bits per heavy atom. The lowest BCUT2D eigenvalue weighted by molar-refractivity contribution is 0.212. The van der Waals surface area contributed by atoms with Crippen molar-refractivity contribution in [2.45, 2.75) is 6.61 Å². The average Bonchev–Trinajstić information content (AvgIpc) is 2.70. The lowest BCUT2D eigenvalue weighted by Gasteiger charge is -2.14. The van der Waals surface area contributed by atoms with Gasteiger partial charge in [-0.05, 0) is 17.5 Å². The van der Waals surface area contributed by atoms with Crippen LogP contribution in [0.25, 0.3) is 4.91 Å². The highest BCUT2D eigenvalue weighted by Gasteiger charge is 2.26. The third-order valence-corrected chi connectivity index (χ3v) is 4.22. The molecule has 0 amide bonds. The van der Waals surface area contributed by atoms with Crippen LogP contribution in [0.2, 0.25) is 0 Å². The number of hydrogen-bond donors (Lipinski definition) is 0. The Balaban J connectivity index is 2.26. The third kappa shape index (κ3) is 0.957. The van der Waals surface area contributed by atoms with Gasteiger partial charge in [0, 0.05) is 11.0 Å². The third-order valence-electron chi connectivity index (χ3n) is 2.12. The van der Waals surface area contributed by atoms with Crippen LogP contribution >= 0.6 is 11.3 Å². The topological polar surface area (TPSA) is 26.3 Å². The van der Waals surface area contributed by atoms with Crippen LogP contribution in [0.3, 0.4) is 0 Å². The van der Waals surface area contributed by atoms with Crippen molar-refractivity contribution in [3.8, 4) is 0 Å². The molecule has 0 spiro atoms. The predicted octanol–water partition coefficient (Wildman–Crippen LogP) is 2.22. The van der Waals surface area contributed by atoms with E-state index in [2.05, 4.69) is 0 Å². The van der Waals surface area contributed by atoms with Gasteiger partial charge < -0.3 is 4.74 Å². The van der Waals surface area contributed by atoms with Crippen molar-refractivity contribution in [3.63, 3.8) is 0 Å².